The van der Waals surface area contributed by atoms with Gasteiger partial charge in [0.25, 0.3) is 0 Å². The van der Waals surface area contributed by atoms with Gasteiger partial charge in [-0.3, -0.25) is 4.79 Å². The fraction of sp³-hybridized carbons (Fsp3) is 0.320. The SMILES string of the molecule is O=C(c1cccc(C2=C(O)CCCC2)c1O)c1cccc(C2=C(O)CCCC2)c1O. The average Bonchev–Trinajstić information content (AvgIpc) is 2.75. The van der Waals surface area contributed by atoms with E-state index in [1.54, 1.807) is 24.3 Å². The van der Waals surface area contributed by atoms with Gasteiger partial charge in [0, 0.05) is 35.1 Å². The van der Waals surface area contributed by atoms with E-state index >= 15 is 0 Å². The van der Waals surface area contributed by atoms with Crippen LogP contribution in [-0.4, -0.2) is 26.2 Å². The highest BCUT2D eigenvalue weighted by Gasteiger charge is 2.25. The summed E-state index contributed by atoms with van der Waals surface area (Å²) in [6.07, 6.45) is 6.05. The van der Waals surface area contributed by atoms with Gasteiger partial charge in [-0.05, 0) is 50.7 Å². The Bertz CT molecular complexity index is 978. The smallest absolute Gasteiger partial charge is 0.200 e. The zero-order valence-electron chi connectivity index (χ0n) is 16.8. The number of benzene rings is 2. The van der Waals surface area contributed by atoms with Crippen LogP contribution in [-0.2, 0) is 0 Å². The molecule has 5 nitrogen and oxygen atoms in total. The van der Waals surface area contributed by atoms with Crippen molar-refractivity contribution in [3.63, 3.8) is 0 Å². The summed E-state index contributed by atoms with van der Waals surface area (Å²) < 4.78 is 0. The highest BCUT2D eigenvalue weighted by atomic mass is 16.3. The molecule has 2 aromatic carbocycles. The maximum absolute atomic E-state index is 13.2. The number of rotatable bonds is 4. The summed E-state index contributed by atoms with van der Waals surface area (Å²) >= 11 is 0. The number of phenols is 2. The number of aliphatic hydroxyl groups excluding tert-OH is 2. The number of aliphatic hydroxyl groups is 2. The first-order valence-corrected chi connectivity index (χ1v) is 10.5. The van der Waals surface area contributed by atoms with Crippen molar-refractivity contribution >= 4 is 16.9 Å². The van der Waals surface area contributed by atoms with Gasteiger partial charge in [0.2, 0.25) is 5.78 Å². The maximum atomic E-state index is 13.2. The first-order chi connectivity index (χ1) is 14.5. The molecule has 0 saturated carbocycles. The second-order valence-electron chi connectivity index (χ2n) is 8.00. The lowest BCUT2D eigenvalue weighted by atomic mass is 9.87. The van der Waals surface area contributed by atoms with Crippen molar-refractivity contribution in [2.24, 2.45) is 0 Å². The Hall–Kier alpha value is -3.21. The second-order valence-corrected chi connectivity index (χ2v) is 8.00. The molecule has 0 amide bonds. The van der Waals surface area contributed by atoms with Crippen LogP contribution in [0.5, 0.6) is 11.5 Å². The van der Waals surface area contributed by atoms with Crippen molar-refractivity contribution in [1.82, 2.24) is 0 Å². The van der Waals surface area contributed by atoms with Gasteiger partial charge in [-0.1, -0.05) is 24.3 Å². The number of hydrogen-bond acceptors (Lipinski definition) is 5. The second kappa shape index (κ2) is 8.27. The van der Waals surface area contributed by atoms with Crippen molar-refractivity contribution in [1.29, 1.82) is 0 Å². The summed E-state index contributed by atoms with van der Waals surface area (Å²) in [7, 11) is 0. The number of allylic oxidation sites excluding steroid dienone is 4. The van der Waals surface area contributed by atoms with Gasteiger partial charge in [0.15, 0.2) is 0 Å². The Morgan fingerprint density at radius 3 is 1.40 bits per heavy atom. The van der Waals surface area contributed by atoms with Crippen molar-refractivity contribution in [3.8, 4) is 11.5 Å². The van der Waals surface area contributed by atoms with Crippen molar-refractivity contribution < 1.29 is 25.2 Å². The Kier molecular flexibility index (Phi) is 5.53. The highest BCUT2D eigenvalue weighted by molar-refractivity contribution is 6.13. The van der Waals surface area contributed by atoms with Gasteiger partial charge in [-0.25, -0.2) is 0 Å². The van der Waals surface area contributed by atoms with E-state index in [2.05, 4.69) is 0 Å². The van der Waals surface area contributed by atoms with E-state index in [9.17, 15) is 25.2 Å². The van der Waals surface area contributed by atoms with Crippen LogP contribution >= 0.6 is 0 Å². The molecular formula is C25H26O5. The lowest BCUT2D eigenvalue weighted by Gasteiger charge is -2.19. The summed E-state index contributed by atoms with van der Waals surface area (Å²) in [5.41, 5.74) is 2.41. The summed E-state index contributed by atoms with van der Waals surface area (Å²) in [6, 6.07) is 9.78. The molecule has 0 saturated heterocycles. The molecule has 0 aliphatic heterocycles. The fourth-order valence-electron chi connectivity index (χ4n) is 4.44. The number of carbonyl (C=O) groups is 1. The molecule has 0 bridgehead atoms. The van der Waals surface area contributed by atoms with Gasteiger partial charge < -0.3 is 20.4 Å². The molecule has 0 aromatic heterocycles. The van der Waals surface area contributed by atoms with Crippen molar-refractivity contribution in [3.05, 3.63) is 70.2 Å². The van der Waals surface area contributed by atoms with E-state index in [1.807, 2.05) is 0 Å². The predicted molar refractivity (Wildman–Crippen MR) is 116 cm³/mol. The standard InChI is InChI=1S/C25H26O5/c26-21-13-3-1-7-15(21)17-9-5-11-19(23(17)28)25(30)20-12-6-10-18(24(20)29)16-8-2-4-14-22(16)27/h5-6,9-12,26-29H,1-4,7-8,13-14H2. The number of carbonyl (C=O) groups excluding carboxylic acids is 1. The summed E-state index contributed by atoms with van der Waals surface area (Å²) in [4.78, 5) is 13.2. The third-order valence-corrected chi connectivity index (χ3v) is 6.09. The molecule has 4 N–H and O–H groups in total. The molecule has 0 radical (unpaired) electrons. The van der Waals surface area contributed by atoms with Gasteiger partial charge in [0.05, 0.1) is 22.6 Å². The van der Waals surface area contributed by atoms with Crippen LogP contribution in [0.4, 0.5) is 0 Å². The molecule has 156 valence electrons. The first-order valence-electron chi connectivity index (χ1n) is 10.5. The largest absolute Gasteiger partial charge is 0.512 e. The molecule has 2 aliphatic carbocycles. The van der Waals surface area contributed by atoms with E-state index in [-0.39, 0.29) is 34.1 Å². The third-order valence-electron chi connectivity index (χ3n) is 6.09. The number of aromatic hydroxyl groups is 2. The van der Waals surface area contributed by atoms with Gasteiger partial charge in [-0.2, -0.15) is 0 Å². The van der Waals surface area contributed by atoms with E-state index in [0.29, 0.717) is 48.0 Å². The van der Waals surface area contributed by atoms with Gasteiger partial charge in [-0.15, -0.1) is 0 Å². The van der Waals surface area contributed by atoms with Crippen LogP contribution in [0, 0.1) is 0 Å². The Labute approximate surface area is 175 Å². The molecule has 30 heavy (non-hydrogen) atoms. The molecule has 5 heteroatoms. The summed E-state index contributed by atoms with van der Waals surface area (Å²) in [5, 5.41) is 42.2. The third kappa shape index (κ3) is 3.56. The van der Waals surface area contributed by atoms with Gasteiger partial charge in [0.1, 0.15) is 11.5 Å². The highest BCUT2D eigenvalue weighted by Crippen LogP contribution is 2.40. The molecule has 0 spiro atoms. The summed E-state index contributed by atoms with van der Waals surface area (Å²) in [6.45, 7) is 0. The van der Waals surface area contributed by atoms with Crippen molar-refractivity contribution in [2.45, 2.75) is 51.4 Å². The minimum absolute atomic E-state index is 0.0765. The normalized spacial score (nSPS) is 17.3. The van der Waals surface area contributed by atoms with E-state index < -0.39 is 5.78 Å². The van der Waals surface area contributed by atoms with Gasteiger partial charge >= 0.3 is 0 Å². The van der Waals surface area contributed by atoms with E-state index in [4.69, 9.17) is 0 Å². The molecule has 0 fully saturated rings. The van der Waals surface area contributed by atoms with Crippen molar-refractivity contribution in [2.75, 3.05) is 0 Å². The number of para-hydroxylation sites is 2. The molecule has 2 aromatic rings. The Morgan fingerprint density at radius 2 is 1.00 bits per heavy atom. The lowest BCUT2D eigenvalue weighted by molar-refractivity contribution is 0.103. The number of phenolic OH excluding ortho intramolecular Hbond substituents is 2. The average molecular weight is 406 g/mol. The Morgan fingerprint density at radius 1 is 0.600 bits per heavy atom. The van der Waals surface area contributed by atoms with E-state index in [0.717, 1.165) is 25.7 Å². The van der Waals surface area contributed by atoms with E-state index in [1.165, 1.54) is 12.1 Å². The van der Waals surface area contributed by atoms with Crippen LogP contribution in [0.3, 0.4) is 0 Å². The van der Waals surface area contributed by atoms with Crippen LogP contribution in [0.2, 0.25) is 0 Å². The molecule has 0 heterocycles. The minimum Gasteiger partial charge on any atom is -0.512 e. The molecule has 2 aliphatic rings. The molecular weight excluding hydrogens is 380 g/mol. The number of hydrogen-bond donors (Lipinski definition) is 4. The molecule has 4 rings (SSSR count). The summed E-state index contributed by atoms with van der Waals surface area (Å²) in [5.74, 6) is -0.358. The zero-order chi connectivity index (χ0) is 21.3. The Balaban J connectivity index is 1.76. The lowest BCUT2D eigenvalue weighted by Crippen LogP contribution is -2.07. The first kappa shape index (κ1) is 20.1. The maximum Gasteiger partial charge on any atom is 0.200 e. The zero-order valence-corrected chi connectivity index (χ0v) is 16.8. The number of ketones is 1. The van der Waals surface area contributed by atoms with Crippen LogP contribution in [0.1, 0.15) is 78.4 Å². The monoisotopic (exact) mass is 406 g/mol. The minimum atomic E-state index is -0.500. The molecule has 0 unspecified atom stereocenters. The predicted octanol–water partition coefficient (Wildman–Crippen LogP) is 6.02. The molecule has 0 atom stereocenters. The van der Waals surface area contributed by atoms with Crippen LogP contribution in [0.15, 0.2) is 47.9 Å². The van der Waals surface area contributed by atoms with Crippen LogP contribution < -0.4 is 0 Å². The fourth-order valence-corrected chi connectivity index (χ4v) is 4.44. The topological polar surface area (TPSA) is 98.0 Å². The van der Waals surface area contributed by atoms with Crippen LogP contribution in [0.25, 0.3) is 11.1 Å². The quantitative estimate of drug-likeness (QED) is 0.466.